The van der Waals surface area contributed by atoms with Crippen molar-refractivity contribution < 1.29 is 4.74 Å². The molecule has 1 nitrogen and oxygen atoms in total. The maximum Gasteiger partial charge on any atom is 0.0560 e. The monoisotopic (exact) mass is 446 g/mol. The molecular formula is C22H26Cl4O. The minimum Gasteiger partial charge on any atom is -0.380 e. The van der Waals surface area contributed by atoms with Crippen LogP contribution in [0.2, 0.25) is 20.1 Å². The molecule has 27 heavy (non-hydrogen) atoms. The average molecular weight is 448 g/mol. The van der Waals surface area contributed by atoms with Crippen molar-refractivity contribution in [3.8, 4) is 0 Å². The van der Waals surface area contributed by atoms with Crippen LogP contribution in [0, 0.1) is 0 Å². The van der Waals surface area contributed by atoms with E-state index >= 15 is 0 Å². The van der Waals surface area contributed by atoms with Gasteiger partial charge in [0, 0.05) is 30.9 Å². The van der Waals surface area contributed by atoms with Gasteiger partial charge in [-0.1, -0.05) is 74.1 Å². The zero-order valence-electron chi connectivity index (χ0n) is 16.2. The van der Waals surface area contributed by atoms with Crippen LogP contribution in [-0.4, -0.2) is 13.2 Å². The van der Waals surface area contributed by atoms with Crippen LogP contribution in [0.15, 0.2) is 36.4 Å². The maximum absolute atomic E-state index is 6.24. The smallest absolute Gasteiger partial charge is 0.0560 e. The Morgan fingerprint density at radius 2 is 0.926 bits per heavy atom. The van der Waals surface area contributed by atoms with Crippen LogP contribution in [0.25, 0.3) is 0 Å². The van der Waals surface area contributed by atoms with E-state index in [0.29, 0.717) is 33.3 Å². The quantitative estimate of drug-likeness (QED) is 0.394. The molecule has 0 spiro atoms. The molecule has 0 heterocycles. The Bertz CT molecular complexity index is 686. The van der Waals surface area contributed by atoms with Gasteiger partial charge in [-0.25, -0.2) is 0 Å². The van der Waals surface area contributed by atoms with Gasteiger partial charge in [0.25, 0.3) is 0 Å². The minimum atomic E-state index is -0.171. The van der Waals surface area contributed by atoms with E-state index in [0.717, 1.165) is 24.0 Å². The van der Waals surface area contributed by atoms with Crippen LogP contribution < -0.4 is 0 Å². The van der Waals surface area contributed by atoms with E-state index in [2.05, 4.69) is 27.7 Å². The highest BCUT2D eigenvalue weighted by Gasteiger charge is 2.30. The molecular weight excluding hydrogens is 422 g/mol. The summed E-state index contributed by atoms with van der Waals surface area (Å²) in [5, 5.41) is 2.57. The fourth-order valence-electron chi connectivity index (χ4n) is 3.09. The van der Waals surface area contributed by atoms with E-state index in [4.69, 9.17) is 51.1 Å². The lowest BCUT2D eigenvalue weighted by Crippen LogP contribution is -2.33. The lowest BCUT2D eigenvalue weighted by molar-refractivity contribution is 0.0510. The summed E-state index contributed by atoms with van der Waals surface area (Å²) in [4.78, 5) is 0. The molecule has 0 aliphatic rings. The standard InChI is InChI=1S/C22H26Cl4O/c1-5-21(3,15-7-17(23)11-18(24)8-15)13-27-14-22(4,6-2)16-9-19(25)12-20(26)10-16/h7-12H,5-6,13-14H2,1-4H3. The van der Waals surface area contributed by atoms with Gasteiger partial charge in [0.2, 0.25) is 0 Å². The second kappa shape index (κ2) is 9.37. The molecule has 148 valence electrons. The first-order valence-electron chi connectivity index (χ1n) is 9.13. The molecule has 0 aromatic heterocycles. The number of hydrogen-bond donors (Lipinski definition) is 0. The summed E-state index contributed by atoms with van der Waals surface area (Å²) < 4.78 is 6.24. The van der Waals surface area contributed by atoms with Gasteiger partial charge in [-0.05, 0) is 60.4 Å². The second-order valence-corrected chi connectivity index (χ2v) is 9.38. The first-order chi connectivity index (χ1) is 12.6. The molecule has 2 aromatic rings. The number of halogens is 4. The van der Waals surface area contributed by atoms with Crippen molar-refractivity contribution in [3.05, 3.63) is 67.6 Å². The average Bonchev–Trinajstić information content (AvgIpc) is 2.59. The molecule has 2 unspecified atom stereocenters. The van der Waals surface area contributed by atoms with Crippen LogP contribution in [0.5, 0.6) is 0 Å². The third-order valence-electron chi connectivity index (χ3n) is 5.52. The molecule has 0 saturated carbocycles. The fourth-order valence-corrected chi connectivity index (χ4v) is 4.14. The molecule has 0 bridgehead atoms. The van der Waals surface area contributed by atoms with E-state index in [1.807, 2.05) is 24.3 Å². The highest BCUT2D eigenvalue weighted by atomic mass is 35.5. The SMILES string of the molecule is CCC(C)(COCC(C)(CC)c1cc(Cl)cc(Cl)c1)c1cc(Cl)cc(Cl)c1. The Hall–Kier alpha value is -0.440. The zero-order chi connectivity index (χ0) is 20.2. The van der Waals surface area contributed by atoms with Crippen molar-refractivity contribution >= 4 is 46.4 Å². The van der Waals surface area contributed by atoms with Gasteiger partial charge in [-0.15, -0.1) is 0 Å². The Labute approximate surface area is 182 Å². The van der Waals surface area contributed by atoms with Crippen molar-refractivity contribution in [3.63, 3.8) is 0 Å². The van der Waals surface area contributed by atoms with Crippen LogP contribution in [-0.2, 0) is 15.6 Å². The van der Waals surface area contributed by atoms with Gasteiger partial charge in [0.1, 0.15) is 0 Å². The molecule has 0 saturated heterocycles. The Morgan fingerprint density at radius 1 is 0.630 bits per heavy atom. The number of hydrogen-bond acceptors (Lipinski definition) is 1. The maximum atomic E-state index is 6.24. The fraction of sp³-hybridized carbons (Fsp3) is 0.455. The Morgan fingerprint density at radius 3 is 1.19 bits per heavy atom. The predicted molar refractivity (Wildman–Crippen MR) is 119 cm³/mol. The van der Waals surface area contributed by atoms with Crippen molar-refractivity contribution in [1.82, 2.24) is 0 Å². The summed E-state index contributed by atoms with van der Waals surface area (Å²) in [5.41, 5.74) is 1.84. The first kappa shape index (κ1) is 22.8. The van der Waals surface area contributed by atoms with Gasteiger partial charge in [-0.3, -0.25) is 0 Å². The first-order valence-corrected chi connectivity index (χ1v) is 10.6. The molecule has 5 heteroatoms. The molecule has 2 rings (SSSR count). The minimum absolute atomic E-state index is 0.171. The van der Waals surface area contributed by atoms with Gasteiger partial charge < -0.3 is 4.74 Å². The summed E-state index contributed by atoms with van der Waals surface area (Å²) in [6.45, 7) is 9.79. The molecule has 2 aromatic carbocycles. The van der Waals surface area contributed by atoms with Crippen molar-refractivity contribution in [2.24, 2.45) is 0 Å². The molecule has 0 radical (unpaired) electrons. The Kier molecular flexibility index (Phi) is 7.93. The number of ether oxygens (including phenoxy) is 1. The molecule has 0 amide bonds. The number of benzene rings is 2. The topological polar surface area (TPSA) is 9.23 Å². The summed E-state index contributed by atoms with van der Waals surface area (Å²) in [7, 11) is 0. The van der Waals surface area contributed by atoms with Crippen LogP contribution in [0.3, 0.4) is 0 Å². The van der Waals surface area contributed by atoms with Crippen LogP contribution in [0.4, 0.5) is 0 Å². The van der Waals surface area contributed by atoms with E-state index in [1.54, 1.807) is 12.1 Å². The van der Waals surface area contributed by atoms with E-state index in [-0.39, 0.29) is 10.8 Å². The van der Waals surface area contributed by atoms with Crippen molar-refractivity contribution in [1.29, 1.82) is 0 Å². The van der Waals surface area contributed by atoms with Gasteiger partial charge in [0.05, 0.1) is 13.2 Å². The van der Waals surface area contributed by atoms with Crippen molar-refractivity contribution in [2.45, 2.75) is 51.4 Å². The molecule has 0 aliphatic carbocycles. The summed E-state index contributed by atoms with van der Waals surface area (Å²) in [6, 6.07) is 11.4. The molecule has 2 atom stereocenters. The summed E-state index contributed by atoms with van der Waals surface area (Å²) in [6.07, 6.45) is 1.82. The molecule has 0 fully saturated rings. The molecule has 0 aliphatic heterocycles. The summed E-state index contributed by atoms with van der Waals surface area (Å²) >= 11 is 24.8. The summed E-state index contributed by atoms with van der Waals surface area (Å²) in [5.74, 6) is 0. The van der Waals surface area contributed by atoms with Crippen LogP contribution in [0.1, 0.15) is 51.7 Å². The lowest BCUT2D eigenvalue weighted by atomic mass is 9.79. The second-order valence-electron chi connectivity index (χ2n) is 7.64. The Balaban J connectivity index is 2.17. The highest BCUT2D eigenvalue weighted by Crippen LogP contribution is 2.35. The predicted octanol–water partition coefficient (Wildman–Crippen LogP) is 8.35. The van der Waals surface area contributed by atoms with Gasteiger partial charge in [-0.2, -0.15) is 0 Å². The van der Waals surface area contributed by atoms with Crippen molar-refractivity contribution in [2.75, 3.05) is 13.2 Å². The third-order valence-corrected chi connectivity index (χ3v) is 6.39. The molecule has 0 N–H and O–H groups in total. The third kappa shape index (κ3) is 5.78. The van der Waals surface area contributed by atoms with Crippen LogP contribution >= 0.6 is 46.4 Å². The largest absolute Gasteiger partial charge is 0.380 e. The lowest BCUT2D eigenvalue weighted by Gasteiger charge is -2.33. The normalized spacial score (nSPS) is 16.0. The number of rotatable bonds is 8. The van der Waals surface area contributed by atoms with E-state index < -0.39 is 0 Å². The van der Waals surface area contributed by atoms with E-state index in [1.165, 1.54) is 0 Å². The zero-order valence-corrected chi connectivity index (χ0v) is 19.2. The van der Waals surface area contributed by atoms with E-state index in [9.17, 15) is 0 Å². The van der Waals surface area contributed by atoms with Gasteiger partial charge >= 0.3 is 0 Å². The van der Waals surface area contributed by atoms with Gasteiger partial charge in [0.15, 0.2) is 0 Å². The highest BCUT2D eigenvalue weighted by molar-refractivity contribution is 6.35.